The molecule has 2 aromatic rings. The maximum absolute atomic E-state index is 13.0. The Morgan fingerprint density at radius 3 is 2.80 bits per heavy atom. The number of nitrogens with zero attached hydrogens (tertiary/aromatic N) is 2. The van der Waals surface area contributed by atoms with Gasteiger partial charge in [0, 0.05) is 18.9 Å². The van der Waals surface area contributed by atoms with Crippen molar-refractivity contribution in [3.63, 3.8) is 0 Å². The van der Waals surface area contributed by atoms with Gasteiger partial charge >= 0.3 is 0 Å². The van der Waals surface area contributed by atoms with Gasteiger partial charge in [-0.1, -0.05) is 18.2 Å². The van der Waals surface area contributed by atoms with Gasteiger partial charge in [-0.25, -0.2) is 4.39 Å². The molecule has 1 saturated heterocycles. The van der Waals surface area contributed by atoms with Crippen molar-refractivity contribution in [1.29, 1.82) is 0 Å². The van der Waals surface area contributed by atoms with E-state index in [2.05, 4.69) is 4.98 Å². The van der Waals surface area contributed by atoms with Crippen LogP contribution in [-0.4, -0.2) is 21.5 Å². The number of carbonyl (C=O) groups is 1. The van der Waals surface area contributed by atoms with Crippen molar-refractivity contribution in [1.82, 2.24) is 9.88 Å². The second-order valence-corrected chi connectivity index (χ2v) is 5.67. The molecule has 5 heteroatoms. The first-order valence-corrected chi connectivity index (χ1v) is 7.34. The van der Waals surface area contributed by atoms with Gasteiger partial charge in [-0.15, -0.1) is 11.8 Å². The van der Waals surface area contributed by atoms with E-state index >= 15 is 0 Å². The highest BCUT2D eigenvalue weighted by molar-refractivity contribution is 8.00. The SMILES string of the molecule is O=C1CS[C@H](c2ccc(F)cc2)N1Cc1cccnc1. The van der Waals surface area contributed by atoms with Crippen LogP contribution in [0.25, 0.3) is 0 Å². The summed E-state index contributed by atoms with van der Waals surface area (Å²) in [4.78, 5) is 17.9. The molecule has 0 aliphatic carbocycles. The summed E-state index contributed by atoms with van der Waals surface area (Å²) in [6.07, 6.45) is 3.47. The molecular weight excluding hydrogens is 275 g/mol. The molecule has 1 aliphatic heterocycles. The van der Waals surface area contributed by atoms with E-state index in [-0.39, 0.29) is 17.1 Å². The number of benzene rings is 1. The lowest BCUT2D eigenvalue weighted by molar-refractivity contribution is -0.128. The number of pyridine rings is 1. The molecule has 3 rings (SSSR count). The fourth-order valence-corrected chi connectivity index (χ4v) is 3.40. The zero-order valence-electron chi connectivity index (χ0n) is 10.7. The average Bonchev–Trinajstić information content (AvgIpc) is 2.83. The lowest BCUT2D eigenvalue weighted by Gasteiger charge is -2.24. The molecule has 0 unspecified atom stereocenters. The predicted octanol–water partition coefficient (Wildman–Crippen LogP) is 2.99. The fourth-order valence-electron chi connectivity index (χ4n) is 2.22. The van der Waals surface area contributed by atoms with Crippen LogP contribution in [0.3, 0.4) is 0 Å². The molecule has 1 amide bonds. The molecule has 1 atom stereocenters. The zero-order chi connectivity index (χ0) is 13.9. The second-order valence-electron chi connectivity index (χ2n) is 4.60. The first-order valence-electron chi connectivity index (χ1n) is 6.29. The summed E-state index contributed by atoms with van der Waals surface area (Å²) in [6, 6.07) is 10.1. The second kappa shape index (κ2) is 5.63. The highest BCUT2D eigenvalue weighted by atomic mass is 32.2. The van der Waals surface area contributed by atoms with Gasteiger partial charge in [0.05, 0.1) is 5.75 Å². The number of halogens is 1. The van der Waals surface area contributed by atoms with Crippen LogP contribution in [0.5, 0.6) is 0 Å². The normalized spacial score (nSPS) is 18.6. The highest BCUT2D eigenvalue weighted by Gasteiger charge is 2.32. The summed E-state index contributed by atoms with van der Waals surface area (Å²) in [6.45, 7) is 0.529. The van der Waals surface area contributed by atoms with Crippen LogP contribution in [0.15, 0.2) is 48.8 Å². The molecule has 1 aliphatic rings. The maximum atomic E-state index is 13.0. The summed E-state index contributed by atoms with van der Waals surface area (Å²) >= 11 is 1.57. The summed E-state index contributed by atoms with van der Waals surface area (Å²) in [7, 11) is 0. The first-order chi connectivity index (χ1) is 9.74. The summed E-state index contributed by atoms with van der Waals surface area (Å²) in [5.74, 6) is 0.303. The minimum Gasteiger partial charge on any atom is -0.321 e. The topological polar surface area (TPSA) is 33.2 Å². The summed E-state index contributed by atoms with van der Waals surface area (Å²) < 4.78 is 13.0. The number of rotatable bonds is 3. The zero-order valence-corrected chi connectivity index (χ0v) is 11.5. The molecule has 102 valence electrons. The molecule has 1 aromatic heterocycles. The fraction of sp³-hybridized carbons (Fsp3) is 0.200. The Labute approximate surface area is 120 Å². The number of hydrogen-bond donors (Lipinski definition) is 0. The molecule has 0 bridgehead atoms. The van der Waals surface area contributed by atoms with Crippen molar-refractivity contribution >= 4 is 17.7 Å². The van der Waals surface area contributed by atoms with Gasteiger partial charge in [0.2, 0.25) is 5.91 Å². The molecule has 3 nitrogen and oxygen atoms in total. The van der Waals surface area contributed by atoms with E-state index in [1.54, 1.807) is 36.3 Å². The Bertz CT molecular complexity index is 603. The van der Waals surface area contributed by atoms with E-state index in [1.165, 1.54) is 12.1 Å². The Kier molecular flexibility index (Phi) is 3.69. The van der Waals surface area contributed by atoms with E-state index in [0.29, 0.717) is 12.3 Å². The van der Waals surface area contributed by atoms with Crippen molar-refractivity contribution in [3.8, 4) is 0 Å². The van der Waals surface area contributed by atoms with Crippen molar-refractivity contribution < 1.29 is 9.18 Å². The number of aromatic nitrogens is 1. The van der Waals surface area contributed by atoms with Crippen LogP contribution in [0.2, 0.25) is 0 Å². The van der Waals surface area contributed by atoms with Gasteiger partial charge in [0.25, 0.3) is 0 Å². The number of amides is 1. The Morgan fingerprint density at radius 1 is 1.30 bits per heavy atom. The van der Waals surface area contributed by atoms with Crippen LogP contribution in [0, 0.1) is 5.82 Å². The standard InChI is InChI=1S/C15H13FN2OS/c16-13-5-3-12(4-6-13)15-18(14(19)10-20-15)9-11-2-1-7-17-8-11/h1-8,15H,9-10H2/t15-/m1/s1. The molecular formula is C15H13FN2OS. The minimum absolute atomic E-state index is 0.0525. The molecule has 20 heavy (non-hydrogen) atoms. The van der Waals surface area contributed by atoms with E-state index in [0.717, 1.165) is 11.1 Å². The van der Waals surface area contributed by atoms with Gasteiger partial charge in [0.15, 0.2) is 0 Å². The molecule has 1 fully saturated rings. The van der Waals surface area contributed by atoms with E-state index in [9.17, 15) is 9.18 Å². The molecule has 1 aromatic carbocycles. The quantitative estimate of drug-likeness (QED) is 0.870. The molecule has 0 N–H and O–H groups in total. The summed E-state index contributed by atoms with van der Waals surface area (Å²) in [5, 5.41) is -0.0525. The molecule has 2 heterocycles. The largest absolute Gasteiger partial charge is 0.321 e. The van der Waals surface area contributed by atoms with Crippen molar-refractivity contribution in [2.75, 3.05) is 5.75 Å². The third-order valence-corrected chi connectivity index (χ3v) is 4.45. The number of carbonyl (C=O) groups excluding carboxylic acids is 1. The molecule has 0 spiro atoms. The van der Waals surface area contributed by atoms with Crippen molar-refractivity contribution in [3.05, 3.63) is 65.7 Å². The monoisotopic (exact) mass is 288 g/mol. The third-order valence-electron chi connectivity index (χ3n) is 3.20. The molecule has 0 radical (unpaired) electrons. The average molecular weight is 288 g/mol. The van der Waals surface area contributed by atoms with E-state index in [4.69, 9.17) is 0 Å². The van der Waals surface area contributed by atoms with Gasteiger partial charge in [-0.2, -0.15) is 0 Å². The first kappa shape index (κ1) is 13.1. The van der Waals surface area contributed by atoms with Crippen molar-refractivity contribution in [2.45, 2.75) is 11.9 Å². The lowest BCUT2D eigenvalue weighted by atomic mass is 10.2. The smallest absolute Gasteiger partial charge is 0.234 e. The molecule has 0 saturated carbocycles. The van der Waals surface area contributed by atoms with Gasteiger partial charge < -0.3 is 4.90 Å². The Balaban J connectivity index is 1.83. The summed E-state index contributed by atoms with van der Waals surface area (Å²) in [5.41, 5.74) is 1.95. The van der Waals surface area contributed by atoms with E-state index in [1.807, 2.05) is 17.0 Å². The third kappa shape index (κ3) is 2.67. The van der Waals surface area contributed by atoms with Gasteiger partial charge in [-0.05, 0) is 29.3 Å². The lowest BCUT2D eigenvalue weighted by Crippen LogP contribution is -2.27. The number of hydrogen-bond acceptors (Lipinski definition) is 3. The van der Waals surface area contributed by atoms with Crippen LogP contribution in [-0.2, 0) is 11.3 Å². The number of thioether (sulfide) groups is 1. The van der Waals surface area contributed by atoms with Crippen LogP contribution >= 0.6 is 11.8 Å². The van der Waals surface area contributed by atoms with Gasteiger partial charge in [-0.3, -0.25) is 9.78 Å². The minimum atomic E-state index is -0.262. The van der Waals surface area contributed by atoms with Gasteiger partial charge in [0.1, 0.15) is 11.2 Å². The highest BCUT2D eigenvalue weighted by Crippen LogP contribution is 2.39. The van der Waals surface area contributed by atoms with Crippen molar-refractivity contribution in [2.24, 2.45) is 0 Å². The van der Waals surface area contributed by atoms with Crippen LogP contribution in [0.1, 0.15) is 16.5 Å². The van der Waals surface area contributed by atoms with Crippen LogP contribution < -0.4 is 0 Å². The predicted molar refractivity (Wildman–Crippen MR) is 76.4 cm³/mol. The van der Waals surface area contributed by atoms with Crippen LogP contribution in [0.4, 0.5) is 4.39 Å². The Morgan fingerprint density at radius 2 is 2.10 bits per heavy atom. The Hall–Kier alpha value is -1.88. The van der Waals surface area contributed by atoms with E-state index < -0.39 is 0 Å². The maximum Gasteiger partial charge on any atom is 0.234 e.